The molecule has 0 fully saturated rings. The van der Waals surface area contributed by atoms with Gasteiger partial charge in [0.2, 0.25) is 10.9 Å². The molecule has 0 radical (unpaired) electrons. The highest BCUT2D eigenvalue weighted by molar-refractivity contribution is 7.15. The van der Waals surface area contributed by atoms with Gasteiger partial charge in [-0.3, -0.25) is 19.3 Å². The highest BCUT2D eigenvalue weighted by Crippen LogP contribution is 2.35. The number of anilines is 2. The van der Waals surface area contributed by atoms with Crippen molar-refractivity contribution >= 4 is 45.1 Å². The molecule has 1 N–H and O–H groups in total. The summed E-state index contributed by atoms with van der Waals surface area (Å²) in [5.41, 5.74) is 0.127. The van der Waals surface area contributed by atoms with E-state index in [1.807, 2.05) is 6.92 Å². The molecule has 0 spiro atoms. The molecule has 218 valence electrons. The molecule has 0 aliphatic carbocycles. The van der Waals surface area contributed by atoms with E-state index in [4.69, 9.17) is 4.74 Å². The summed E-state index contributed by atoms with van der Waals surface area (Å²) in [6.07, 6.45) is -3.69. The fourth-order valence-electron chi connectivity index (χ4n) is 4.70. The van der Waals surface area contributed by atoms with Crippen LogP contribution in [0.3, 0.4) is 0 Å². The number of aromatic nitrogens is 3. The van der Waals surface area contributed by atoms with Crippen LogP contribution in [0.5, 0.6) is 5.75 Å². The average Bonchev–Trinajstić information content (AvgIpc) is 3.62. The van der Waals surface area contributed by atoms with Gasteiger partial charge in [0.25, 0.3) is 11.5 Å². The lowest BCUT2D eigenvalue weighted by molar-refractivity contribution is -0.137. The van der Waals surface area contributed by atoms with Crippen molar-refractivity contribution in [2.75, 3.05) is 23.4 Å². The first-order valence-electron chi connectivity index (χ1n) is 13.2. The van der Waals surface area contributed by atoms with Crippen LogP contribution in [-0.2, 0) is 15.8 Å². The predicted octanol–water partition coefficient (Wildman–Crippen LogP) is 4.53. The summed E-state index contributed by atoms with van der Waals surface area (Å²) in [6, 6.07) is 18.1. The van der Waals surface area contributed by atoms with E-state index in [2.05, 4.69) is 15.4 Å². The SMILES string of the molecule is CCCOc1ccc(-c2nc3sc(=C4C(=O)N(CC(=O)Nc5cccc(C(F)(F)F)c5)c5ccccc54)c(=O)n3n2)cc1. The zero-order chi connectivity index (χ0) is 30.3. The first kappa shape index (κ1) is 28.1. The molecular formula is C30H22F3N5O4S. The van der Waals surface area contributed by atoms with Gasteiger partial charge in [0, 0.05) is 16.8 Å². The maximum absolute atomic E-state index is 13.6. The van der Waals surface area contributed by atoms with E-state index in [-0.39, 0.29) is 15.8 Å². The first-order chi connectivity index (χ1) is 20.6. The van der Waals surface area contributed by atoms with Gasteiger partial charge in [0.05, 0.1) is 23.4 Å². The Balaban J connectivity index is 1.30. The van der Waals surface area contributed by atoms with Crippen molar-refractivity contribution in [2.24, 2.45) is 0 Å². The number of carbonyl (C=O) groups is 2. The van der Waals surface area contributed by atoms with E-state index in [1.54, 1.807) is 48.5 Å². The molecule has 43 heavy (non-hydrogen) atoms. The van der Waals surface area contributed by atoms with Crippen LogP contribution in [0, 0.1) is 0 Å². The number of rotatable bonds is 7. The van der Waals surface area contributed by atoms with Crippen LogP contribution in [-0.4, -0.2) is 39.6 Å². The van der Waals surface area contributed by atoms with Crippen molar-refractivity contribution < 1.29 is 27.5 Å². The van der Waals surface area contributed by atoms with Gasteiger partial charge in [-0.15, -0.1) is 5.10 Å². The molecule has 0 atom stereocenters. The van der Waals surface area contributed by atoms with Gasteiger partial charge in [-0.25, -0.2) is 0 Å². The summed E-state index contributed by atoms with van der Waals surface area (Å²) >= 11 is 1.01. The van der Waals surface area contributed by atoms with Gasteiger partial charge in [-0.1, -0.05) is 42.5 Å². The maximum atomic E-state index is 13.6. The van der Waals surface area contributed by atoms with Crippen LogP contribution in [0.25, 0.3) is 21.9 Å². The molecule has 3 heterocycles. The third-order valence-corrected chi connectivity index (χ3v) is 7.70. The van der Waals surface area contributed by atoms with E-state index in [1.165, 1.54) is 17.0 Å². The van der Waals surface area contributed by atoms with Crippen molar-refractivity contribution in [1.29, 1.82) is 0 Å². The predicted molar refractivity (Wildman–Crippen MR) is 155 cm³/mol. The molecule has 2 aromatic heterocycles. The van der Waals surface area contributed by atoms with Crippen LogP contribution in [0.4, 0.5) is 24.5 Å². The molecule has 6 rings (SSSR count). The third-order valence-electron chi connectivity index (χ3n) is 6.67. The molecular weight excluding hydrogens is 583 g/mol. The molecule has 2 amide bonds. The second-order valence-corrected chi connectivity index (χ2v) is 10.6. The second-order valence-electron chi connectivity index (χ2n) is 9.65. The number of thiazole rings is 1. The van der Waals surface area contributed by atoms with E-state index in [9.17, 15) is 27.6 Å². The minimum absolute atomic E-state index is 0.0599. The van der Waals surface area contributed by atoms with E-state index >= 15 is 0 Å². The number of nitrogens with zero attached hydrogens (tertiary/aromatic N) is 4. The monoisotopic (exact) mass is 605 g/mol. The van der Waals surface area contributed by atoms with Crippen LogP contribution in [0.1, 0.15) is 24.5 Å². The number of para-hydroxylation sites is 1. The molecule has 3 aromatic carbocycles. The Morgan fingerprint density at radius 1 is 1.02 bits per heavy atom. The number of benzene rings is 3. The normalized spacial score (nSPS) is 14.3. The van der Waals surface area contributed by atoms with Gasteiger partial charge in [0.1, 0.15) is 16.8 Å². The summed E-state index contributed by atoms with van der Waals surface area (Å²) < 4.78 is 46.1. The molecule has 0 saturated heterocycles. The minimum atomic E-state index is -4.57. The summed E-state index contributed by atoms with van der Waals surface area (Å²) in [5, 5.41) is 6.78. The van der Waals surface area contributed by atoms with Crippen molar-refractivity contribution in [2.45, 2.75) is 19.5 Å². The van der Waals surface area contributed by atoms with E-state index < -0.39 is 35.7 Å². The number of fused-ring (bicyclic) bond motifs is 2. The fourth-order valence-corrected chi connectivity index (χ4v) is 5.70. The largest absolute Gasteiger partial charge is 0.494 e. The molecule has 1 aliphatic rings. The fraction of sp³-hybridized carbons (Fsp3) is 0.167. The number of amides is 2. The van der Waals surface area contributed by atoms with Crippen LogP contribution >= 0.6 is 11.3 Å². The van der Waals surface area contributed by atoms with E-state index in [0.717, 1.165) is 34.4 Å². The quantitative estimate of drug-likeness (QED) is 0.292. The summed E-state index contributed by atoms with van der Waals surface area (Å²) in [6.45, 7) is 2.13. The highest BCUT2D eigenvalue weighted by Gasteiger charge is 2.36. The Morgan fingerprint density at radius 3 is 2.51 bits per heavy atom. The first-order valence-corrected chi connectivity index (χ1v) is 14.0. The third kappa shape index (κ3) is 5.34. The second kappa shape index (κ2) is 11.0. The van der Waals surface area contributed by atoms with Crippen LogP contribution in [0.15, 0.2) is 77.6 Å². The lowest BCUT2D eigenvalue weighted by Crippen LogP contribution is -2.37. The Morgan fingerprint density at radius 2 is 1.79 bits per heavy atom. The van der Waals surface area contributed by atoms with Crippen LogP contribution in [0.2, 0.25) is 0 Å². The summed E-state index contributed by atoms with van der Waals surface area (Å²) in [5.74, 6) is -0.247. The number of ether oxygens (including phenoxy) is 1. The Bertz CT molecular complexity index is 1990. The van der Waals surface area contributed by atoms with Crippen molar-refractivity contribution in [3.63, 3.8) is 0 Å². The van der Waals surface area contributed by atoms with Gasteiger partial charge in [0.15, 0.2) is 5.82 Å². The van der Waals surface area contributed by atoms with Gasteiger partial charge < -0.3 is 10.1 Å². The number of carbonyl (C=O) groups excluding carboxylic acids is 2. The highest BCUT2D eigenvalue weighted by atomic mass is 32.1. The number of halogens is 3. The van der Waals surface area contributed by atoms with Gasteiger partial charge in [-0.2, -0.15) is 22.7 Å². The van der Waals surface area contributed by atoms with Crippen molar-refractivity contribution in [3.8, 4) is 17.1 Å². The van der Waals surface area contributed by atoms with E-state index in [0.29, 0.717) is 40.0 Å². The molecule has 1 aliphatic heterocycles. The molecule has 0 bridgehead atoms. The van der Waals surface area contributed by atoms with Crippen LogP contribution < -0.4 is 25.0 Å². The lowest BCUT2D eigenvalue weighted by atomic mass is 10.1. The standard InChI is InChI=1S/C30H22F3N5O4S/c1-2-14-42-20-12-10-17(11-13-20)26-35-29-38(36-26)28(41)25(43-29)24-21-8-3-4-9-22(21)37(27(24)40)16-23(39)34-19-7-5-6-18(15-19)30(31,32)33/h3-13,15H,2,14,16H2,1H3,(H,34,39). The molecule has 9 nitrogen and oxygen atoms in total. The zero-order valence-electron chi connectivity index (χ0n) is 22.5. The Kier molecular flexibility index (Phi) is 7.18. The smallest absolute Gasteiger partial charge is 0.416 e. The molecule has 13 heteroatoms. The minimum Gasteiger partial charge on any atom is -0.494 e. The summed E-state index contributed by atoms with van der Waals surface area (Å²) in [4.78, 5) is 45.9. The number of nitrogens with one attached hydrogen (secondary N) is 1. The number of alkyl halides is 3. The number of hydrogen-bond acceptors (Lipinski definition) is 7. The summed E-state index contributed by atoms with van der Waals surface area (Å²) in [7, 11) is 0. The Hall–Kier alpha value is -5.04. The number of hydrogen-bond donors (Lipinski definition) is 1. The lowest BCUT2D eigenvalue weighted by Gasteiger charge is -2.17. The van der Waals surface area contributed by atoms with Gasteiger partial charge >= 0.3 is 6.18 Å². The Labute approximate surface area is 245 Å². The molecule has 0 saturated carbocycles. The van der Waals surface area contributed by atoms with Crippen molar-refractivity contribution in [1.82, 2.24) is 14.6 Å². The van der Waals surface area contributed by atoms with Gasteiger partial charge in [-0.05, 0) is 55.0 Å². The molecule has 5 aromatic rings. The maximum Gasteiger partial charge on any atom is 0.416 e. The zero-order valence-corrected chi connectivity index (χ0v) is 23.3. The average molecular weight is 606 g/mol. The van der Waals surface area contributed by atoms with Crippen molar-refractivity contribution in [3.05, 3.63) is 98.8 Å². The molecule has 0 unspecified atom stereocenters. The topological polar surface area (TPSA) is 106 Å².